The number of fused-ring (bicyclic) bond motifs is 1. The highest BCUT2D eigenvalue weighted by Gasteiger charge is 2.74. The van der Waals surface area contributed by atoms with E-state index in [1.807, 2.05) is 13.8 Å². The number of nitrogens with one attached hydrogen (secondary N) is 1. The molecule has 2 N–H and O–H groups in total. The van der Waals surface area contributed by atoms with Gasteiger partial charge in [-0.2, -0.15) is 0 Å². The molecule has 1 spiro atoms. The fourth-order valence-electron chi connectivity index (χ4n) is 6.00. The molecule has 0 saturated carbocycles. The van der Waals surface area contributed by atoms with E-state index in [0.29, 0.717) is 24.3 Å². The van der Waals surface area contributed by atoms with Crippen molar-refractivity contribution in [3.63, 3.8) is 0 Å². The van der Waals surface area contributed by atoms with Crippen LogP contribution in [0, 0.1) is 17.8 Å². The van der Waals surface area contributed by atoms with Crippen LogP contribution in [0.2, 0.25) is 0 Å². The van der Waals surface area contributed by atoms with E-state index in [2.05, 4.69) is 5.32 Å². The van der Waals surface area contributed by atoms with Crippen LogP contribution in [0.4, 0.5) is 5.69 Å². The van der Waals surface area contributed by atoms with Gasteiger partial charge in [0.05, 0.1) is 42.9 Å². The number of amides is 2. The Morgan fingerprint density at radius 3 is 2.59 bits per heavy atom. The van der Waals surface area contributed by atoms with E-state index in [0.717, 1.165) is 6.42 Å². The van der Waals surface area contributed by atoms with Crippen molar-refractivity contribution in [2.24, 2.45) is 17.8 Å². The third-order valence-electron chi connectivity index (χ3n) is 7.25. The second-order valence-corrected chi connectivity index (χ2v) is 11.3. The van der Waals surface area contributed by atoms with Crippen LogP contribution in [0.3, 0.4) is 0 Å². The zero-order chi connectivity index (χ0) is 24.6. The molecule has 8 nitrogen and oxygen atoms in total. The summed E-state index contributed by atoms with van der Waals surface area (Å²) in [6.07, 6.45) is 1.99. The minimum atomic E-state index is -0.780. The second-order valence-electron chi connectivity index (χ2n) is 9.74. The van der Waals surface area contributed by atoms with E-state index in [9.17, 15) is 19.5 Å². The van der Waals surface area contributed by atoms with E-state index >= 15 is 0 Å². The van der Waals surface area contributed by atoms with Gasteiger partial charge in [0, 0.05) is 10.9 Å². The molecule has 3 saturated heterocycles. The Balaban J connectivity index is 1.71. The maximum absolute atomic E-state index is 13.9. The summed E-state index contributed by atoms with van der Waals surface area (Å²) in [5.41, 5.74) is 0.599. The third-order valence-corrected chi connectivity index (χ3v) is 9.20. The number of carbonyl (C=O) groups is 3. The number of carbonyl (C=O) groups excluding carboxylic acids is 3. The topological polar surface area (TPSA) is 105 Å². The first-order chi connectivity index (χ1) is 16.3. The van der Waals surface area contributed by atoms with Crippen LogP contribution in [0.5, 0.6) is 5.75 Å². The van der Waals surface area contributed by atoms with Crippen molar-refractivity contribution in [2.75, 3.05) is 25.6 Å². The van der Waals surface area contributed by atoms with Crippen molar-refractivity contribution in [1.82, 2.24) is 4.90 Å². The van der Waals surface area contributed by atoms with E-state index in [-0.39, 0.29) is 42.2 Å². The van der Waals surface area contributed by atoms with Gasteiger partial charge in [-0.25, -0.2) is 0 Å². The number of aliphatic hydroxyl groups excluding tert-OH is 1. The summed E-state index contributed by atoms with van der Waals surface area (Å²) in [4.78, 5) is 42.2. The number of anilines is 1. The Morgan fingerprint density at radius 2 is 2.00 bits per heavy atom. The van der Waals surface area contributed by atoms with Crippen molar-refractivity contribution >= 4 is 35.2 Å². The quantitative estimate of drug-likeness (QED) is 0.513. The molecule has 2 bridgehead atoms. The summed E-state index contributed by atoms with van der Waals surface area (Å²) in [6, 6.07) is 5.75. The maximum atomic E-state index is 13.9. The van der Waals surface area contributed by atoms with Crippen molar-refractivity contribution in [3.8, 4) is 5.75 Å². The number of benzene rings is 1. The number of aliphatic hydroxyl groups is 1. The lowest BCUT2D eigenvalue weighted by Gasteiger charge is -2.37. The molecule has 0 aliphatic carbocycles. The predicted molar refractivity (Wildman–Crippen MR) is 130 cm³/mol. The molecule has 3 aliphatic rings. The predicted octanol–water partition coefficient (Wildman–Crippen LogP) is 2.70. The highest BCUT2D eigenvalue weighted by molar-refractivity contribution is 8.02. The number of hydrogen-bond donors (Lipinski definition) is 2. The minimum absolute atomic E-state index is 0.0379. The van der Waals surface area contributed by atoms with Gasteiger partial charge in [0.1, 0.15) is 11.8 Å². The minimum Gasteiger partial charge on any atom is -0.497 e. The maximum Gasteiger partial charge on any atom is 0.310 e. The van der Waals surface area contributed by atoms with Crippen LogP contribution in [-0.4, -0.2) is 70.2 Å². The Morgan fingerprint density at radius 1 is 1.29 bits per heavy atom. The number of thioether (sulfide) groups is 1. The Kier molecular flexibility index (Phi) is 7.14. The summed E-state index contributed by atoms with van der Waals surface area (Å²) in [6.45, 7) is 5.81. The van der Waals surface area contributed by atoms with Gasteiger partial charge in [-0.15, -0.1) is 11.8 Å². The van der Waals surface area contributed by atoms with Gasteiger partial charge in [-0.05, 0) is 56.4 Å². The first kappa shape index (κ1) is 24.9. The van der Waals surface area contributed by atoms with Gasteiger partial charge < -0.3 is 24.8 Å². The average Bonchev–Trinajstić information content (AvgIpc) is 3.45. The molecule has 3 fully saturated rings. The molecule has 9 heteroatoms. The van der Waals surface area contributed by atoms with E-state index in [1.54, 1.807) is 55.0 Å². The van der Waals surface area contributed by atoms with Crippen LogP contribution in [-0.2, 0) is 19.1 Å². The number of methoxy groups -OCH3 is 1. The van der Waals surface area contributed by atoms with Crippen molar-refractivity contribution < 1.29 is 29.0 Å². The first-order valence-electron chi connectivity index (χ1n) is 12.0. The van der Waals surface area contributed by atoms with Crippen LogP contribution in [0.1, 0.15) is 40.0 Å². The number of likely N-dealkylation sites (tertiary alicyclic amines) is 1. The molecular weight excluding hydrogens is 456 g/mol. The van der Waals surface area contributed by atoms with E-state index in [4.69, 9.17) is 9.47 Å². The molecular formula is C25H34N2O6S. The van der Waals surface area contributed by atoms with Crippen molar-refractivity contribution in [1.29, 1.82) is 0 Å². The van der Waals surface area contributed by atoms with Crippen LogP contribution in [0.25, 0.3) is 0 Å². The summed E-state index contributed by atoms with van der Waals surface area (Å²) in [5, 5.41) is 13.2. The Labute approximate surface area is 204 Å². The lowest BCUT2D eigenvalue weighted by Crippen LogP contribution is -2.55. The van der Waals surface area contributed by atoms with Gasteiger partial charge in [0.2, 0.25) is 11.8 Å². The summed E-state index contributed by atoms with van der Waals surface area (Å²) < 4.78 is 9.84. The number of nitrogens with zero attached hydrogens (tertiary/aromatic N) is 1. The molecule has 1 aromatic carbocycles. The van der Waals surface area contributed by atoms with Crippen molar-refractivity contribution in [2.45, 2.75) is 62.1 Å². The van der Waals surface area contributed by atoms with Gasteiger partial charge in [-0.1, -0.05) is 13.8 Å². The smallest absolute Gasteiger partial charge is 0.310 e. The number of rotatable bonds is 9. The molecule has 6 atom stereocenters. The molecule has 186 valence electrons. The van der Waals surface area contributed by atoms with Gasteiger partial charge in [0.25, 0.3) is 0 Å². The van der Waals surface area contributed by atoms with Crippen molar-refractivity contribution in [3.05, 3.63) is 24.3 Å². The lowest BCUT2D eigenvalue weighted by molar-refractivity contribution is -0.154. The number of esters is 1. The second kappa shape index (κ2) is 9.77. The zero-order valence-electron chi connectivity index (χ0n) is 20.2. The summed E-state index contributed by atoms with van der Waals surface area (Å²) in [5.74, 6) is -1.16. The Hall–Kier alpha value is -2.26. The third kappa shape index (κ3) is 4.06. The summed E-state index contributed by atoms with van der Waals surface area (Å²) in [7, 11) is 1.58. The molecule has 1 aromatic rings. The van der Waals surface area contributed by atoms with Crippen LogP contribution in [0.15, 0.2) is 24.3 Å². The summed E-state index contributed by atoms with van der Waals surface area (Å²) >= 11 is 1.59. The van der Waals surface area contributed by atoms with E-state index in [1.165, 1.54) is 0 Å². The van der Waals surface area contributed by atoms with Crippen LogP contribution >= 0.6 is 11.8 Å². The Bertz CT molecular complexity index is 938. The van der Waals surface area contributed by atoms with Gasteiger partial charge in [0.15, 0.2) is 0 Å². The monoisotopic (exact) mass is 490 g/mol. The number of hydrogen-bond acceptors (Lipinski definition) is 7. The number of ether oxygens (including phenoxy) is 2. The highest BCUT2D eigenvalue weighted by Crippen LogP contribution is 2.66. The highest BCUT2D eigenvalue weighted by atomic mass is 32.2. The SMILES string of the molecule is CCOC(=O)[C@@H]1[C@H]2C(=O)N([C@@H](CO)CC(C)C)C(C(=O)Nc3ccc(OC)cc3)C23CC[C@H]1S3. The van der Waals surface area contributed by atoms with Gasteiger partial charge >= 0.3 is 5.97 Å². The molecule has 2 amide bonds. The molecule has 3 aliphatic heterocycles. The standard InChI is InChI=1S/C25H34N2O6S/c1-5-33-24(31)19-18-10-11-25(34-18)20(19)23(30)27(16(13-28)12-14(2)3)21(25)22(29)26-15-6-8-17(32-4)9-7-15/h6-9,14,16,18-21,28H,5,10-13H2,1-4H3,(H,26,29)/t16-,18-,19+,20+,21?,25?/m1/s1. The molecule has 34 heavy (non-hydrogen) atoms. The lowest BCUT2D eigenvalue weighted by atomic mass is 9.71. The fraction of sp³-hybridized carbons (Fsp3) is 0.640. The zero-order valence-corrected chi connectivity index (χ0v) is 21.0. The molecule has 4 rings (SSSR count). The normalized spacial score (nSPS) is 30.4. The average molecular weight is 491 g/mol. The van der Waals surface area contributed by atoms with Gasteiger partial charge in [-0.3, -0.25) is 14.4 Å². The van der Waals surface area contributed by atoms with Crippen LogP contribution < -0.4 is 10.1 Å². The fourth-order valence-corrected chi connectivity index (χ4v) is 8.19. The molecule has 0 radical (unpaired) electrons. The molecule has 3 heterocycles. The van der Waals surface area contributed by atoms with E-state index < -0.39 is 28.7 Å². The first-order valence-corrected chi connectivity index (χ1v) is 12.9. The molecule has 0 aromatic heterocycles. The largest absolute Gasteiger partial charge is 0.497 e. The molecule has 2 unspecified atom stereocenters.